The standard InChI is InChI=1S/C21H17F6N5O2S/c22-12-2-4-13(5-3-12)29-18(34)31-19-30-14-6-1-11(9-15(14)35-19)20(21(25,26)27)17(33)32(8-7-28-20)10-16(23)24/h1-6,9,16,28H,7-8,10H2,(H2,29,30,31,34). The molecule has 4 rings (SSSR count). The Morgan fingerprint density at radius 1 is 1.17 bits per heavy atom. The van der Waals surface area contributed by atoms with Gasteiger partial charge in [-0.3, -0.25) is 15.4 Å². The number of hydrogen-bond acceptors (Lipinski definition) is 5. The lowest BCUT2D eigenvalue weighted by molar-refractivity contribution is -0.215. The van der Waals surface area contributed by atoms with E-state index in [9.17, 15) is 35.9 Å². The number of aromatic nitrogens is 1. The van der Waals surface area contributed by atoms with Gasteiger partial charge in [0.1, 0.15) is 5.82 Å². The number of amides is 3. The van der Waals surface area contributed by atoms with Crippen LogP contribution in [0.25, 0.3) is 10.2 Å². The maximum absolute atomic E-state index is 14.3. The van der Waals surface area contributed by atoms with E-state index in [0.717, 1.165) is 35.6 Å². The van der Waals surface area contributed by atoms with Crippen LogP contribution in [-0.2, 0) is 10.3 Å². The minimum absolute atomic E-state index is 0.0556. The smallest absolute Gasteiger partial charge is 0.333 e. The maximum Gasteiger partial charge on any atom is 0.419 e. The molecule has 1 atom stereocenters. The average molecular weight is 517 g/mol. The van der Waals surface area contributed by atoms with Crippen molar-refractivity contribution in [3.63, 3.8) is 0 Å². The summed E-state index contributed by atoms with van der Waals surface area (Å²) in [6, 6.07) is 7.65. The highest BCUT2D eigenvalue weighted by Crippen LogP contribution is 2.43. The molecule has 0 bridgehead atoms. The van der Waals surface area contributed by atoms with Crippen LogP contribution in [0, 0.1) is 5.82 Å². The number of anilines is 2. The molecule has 0 spiro atoms. The van der Waals surface area contributed by atoms with Crippen molar-refractivity contribution in [1.29, 1.82) is 0 Å². The Morgan fingerprint density at radius 2 is 1.89 bits per heavy atom. The third-order valence-electron chi connectivity index (χ3n) is 5.31. The minimum Gasteiger partial charge on any atom is -0.333 e. The first-order chi connectivity index (χ1) is 16.5. The first-order valence-electron chi connectivity index (χ1n) is 10.1. The number of fused-ring (bicyclic) bond motifs is 1. The van der Waals surface area contributed by atoms with E-state index in [-0.39, 0.29) is 28.4 Å². The third-order valence-corrected chi connectivity index (χ3v) is 6.24. The van der Waals surface area contributed by atoms with E-state index in [1.54, 1.807) is 0 Å². The van der Waals surface area contributed by atoms with Gasteiger partial charge in [0.2, 0.25) is 5.54 Å². The first kappa shape index (κ1) is 24.7. The number of halogens is 6. The Labute approximate surface area is 198 Å². The molecule has 1 aromatic heterocycles. The zero-order chi connectivity index (χ0) is 25.4. The van der Waals surface area contributed by atoms with Crippen LogP contribution < -0.4 is 16.0 Å². The molecule has 1 saturated heterocycles. The fourth-order valence-electron chi connectivity index (χ4n) is 3.75. The van der Waals surface area contributed by atoms with Crippen LogP contribution in [0.4, 0.5) is 42.0 Å². The molecule has 1 aliphatic heterocycles. The van der Waals surface area contributed by atoms with Crippen molar-refractivity contribution in [2.24, 2.45) is 0 Å². The summed E-state index contributed by atoms with van der Waals surface area (Å²) in [6.07, 6.45) is -8.11. The molecular weight excluding hydrogens is 500 g/mol. The number of benzene rings is 2. The van der Waals surface area contributed by atoms with Crippen LogP contribution in [0.15, 0.2) is 42.5 Å². The number of carbonyl (C=O) groups is 2. The molecule has 14 heteroatoms. The SMILES string of the molecule is O=C(Nc1ccc(F)cc1)Nc1nc2ccc(C3(C(F)(F)F)NCCN(CC(F)F)C3=O)cc2s1. The number of rotatable bonds is 5. The summed E-state index contributed by atoms with van der Waals surface area (Å²) in [5.74, 6) is -2.00. The van der Waals surface area contributed by atoms with Gasteiger partial charge in [0.15, 0.2) is 5.13 Å². The molecule has 0 radical (unpaired) electrons. The van der Waals surface area contributed by atoms with Crippen LogP contribution in [-0.4, -0.2) is 54.1 Å². The van der Waals surface area contributed by atoms with E-state index in [4.69, 9.17) is 0 Å². The fourth-order valence-corrected chi connectivity index (χ4v) is 4.65. The van der Waals surface area contributed by atoms with Gasteiger partial charge in [0, 0.05) is 18.8 Å². The number of urea groups is 1. The van der Waals surface area contributed by atoms with Gasteiger partial charge < -0.3 is 10.2 Å². The van der Waals surface area contributed by atoms with Gasteiger partial charge in [-0.2, -0.15) is 13.2 Å². The van der Waals surface area contributed by atoms with E-state index in [1.807, 2.05) is 0 Å². The molecule has 35 heavy (non-hydrogen) atoms. The molecule has 1 unspecified atom stereocenters. The van der Waals surface area contributed by atoms with Crippen LogP contribution >= 0.6 is 11.3 Å². The number of hydrogen-bond donors (Lipinski definition) is 3. The Kier molecular flexibility index (Phi) is 6.60. The first-order valence-corrected chi connectivity index (χ1v) is 10.9. The summed E-state index contributed by atoms with van der Waals surface area (Å²) >= 11 is 0.856. The predicted molar refractivity (Wildman–Crippen MR) is 117 cm³/mol. The number of nitrogens with one attached hydrogen (secondary N) is 3. The van der Waals surface area contributed by atoms with Gasteiger partial charge >= 0.3 is 12.2 Å². The van der Waals surface area contributed by atoms with Crippen molar-refractivity contribution < 1.29 is 35.9 Å². The second-order valence-corrected chi connectivity index (χ2v) is 8.63. The molecule has 0 aliphatic carbocycles. The maximum atomic E-state index is 14.3. The van der Waals surface area contributed by atoms with Crippen molar-refractivity contribution in [2.75, 3.05) is 30.3 Å². The number of alkyl halides is 5. The second-order valence-electron chi connectivity index (χ2n) is 7.60. The molecule has 2 heterocycles. The van der Waals surface area contributed by atoms with Gasteiger partial charge in [0.25, 0.3) is 12.3 Å². The summed E-state index contributed by atoms with van der Waals surface area (Å²) in [5, 5.41) is 7.14. The van der Waals surface area contributed by atoms with Gasteiger partial charge in [-0.15, -0.1) is 0 Å². The number of carbonyl (C=O) groups excluding carboxylic acids is 2. The molecule has 1 aliphatic rings. The highest BCUT2D eigenvalue weighted by molar-refractivity contribution is 7.22. The van der Waals surface area contributed by atoms with E-state index >= 15 is 0 Å². The Balaban J connectivity index is 1.62. The molecule has 0 saturated carbocycles. The molecule has 186 valence electrons. The Hall–Kier alpha value is -3.39. The van der Waals surface area contributed by atoms with Gasteiger partial charge in [-0.25, -0.2) is 22.9 Å². The van der Waals surface area contributed by atoms with E-state index in [1.165, 1.54) is 18.2 Å². The minimum atomic E-state index is -5.13. The lowest BCUT2D eigenvalue weighted by Gasteiger charge is -2.43. The summed E-state index contributed by atoms with van der Waals surface area (Å²) in [4.78, 5) is 29.7. The topological polar surface area (TPSA) is 86.4 Å². The van der Waals surface area contributed by atoms with Gasteiger partial charge in [0.05, 0.1) is 16.8 Å². The van der Waals surface area contributed by atoms with Gasteiger partial charge in [-0.05, 0) is 42.0 Å². The zero-order valence-electron chi connectivity index (χ0n) is 17.6. The Morgan fingerprint density at radius 3 is 2.54 bits per heavy atom. The van der Waals surface area contributed by atoms with E-state index < -0.39 is 48.0 Å². The lowest BCUT2D eigenvalue weighted by atomic mass is 9.85. The monoisotopic (exact) mass is 517 g/mol. The molecule has 7 nitrogen and oxygen atoms in total. The quantitative estimate of drug-likeness (QED) is 0.434. The second kappa shape index (κ2) is 9.34. The molecule has 2 aromatic carbocycles. The zero-order valence-corrected chi connectivity index (χ0v) is 18.4. The van der Waals surface area contributed by atoms with Crippen LogP contribution in [0.3, 0.4) is 0 Å². The largest absolute Gasteiger partial charge is 0.419 e. The molecule has 3 aromatic rings. The number of piperazine rings is 1. The summed E-state index contributed by atoms with van der Waals surface area (Å²) < 4.78 is 81.7. The highest BCUT2D eigenvalue weighted by Gasteiger charge is 2.64. The fraction of sp³-hybridized carbons (Fsp3) is 0.286. The summed E-state index contributed by atoms with van der Waals surface area (Å²) in [7, 11) is 0. The number of thiazole rings is 1. The number of nitrogens with zero attached hydrogens (tertiary/aromatic N) is 2. The normalized spacial score (nSPS) is 18.8. The Bertz CT molecular complexity index is 1250. The molecule has 1 fully saturated rings. The van der Waals surface area contributed by atoms with Crippen molar-refractivity contribution in [1.82, 2.24) is 15.2 Å². The van der Waals surface area contributed by atoms with Gasteiger partial charge in [-0.1, -0.05) is 17.4 Å². The van der Waals surface area contributed by atoms with Crippen LogP contribution in [0.1, 0.15) is 5.56 Å². The summed E-state index contributed by atoms with van der Waals surface area (Å²) in [6.45, 7) is -1.74. The van der Waals surface area contributed by atoms with E-state index in [2.05, 4.69) is 20.9 Å². The van der Waals surface area contributed by atoms with Crippen LogP contribution in [0.5, 0.6) is 0 Å². The third kappa shape index (κ3) is 4.89. The highest BCUT2D eigenvalue weighted by atomic mass is 32.1. The predicted octanol–water partition coefficient (Wildman–Crippen LogP) is 4.53. The summed E-state index contributed by atoms with van der Waals surface area (Å²) in [5.41, 5.74) is -3.13. The van der Waals surface area contributed by atoms with E-state index in [0.29, 0.717) is 10.6 Å². The molecule has 3 N–H and O–H groups in total. The lowest BCUT2D eigenvalue weighted by Crippen LogP contribution is -2.69. The molecular formula is C21H17F6N5O2S. The van der Waals surface area contributed by atoms with Crippen molar-refractivity contribution in [2.45, 2.75) is 18.1 Å². The molecule has 3 amide bonds. The average Bonchev–Trinajstić information content (AvgIpc) is 3.17. The van der Waals surface area contributed by atoms with Crippen molar-refractivity contribution >= 4 is 44.3 Å². The van der Waals surface area contributed by atoms with Crippen LogP contribution in [0.2, 0.25) is 0 Å². The van der Waals surface area contributed by atoms with Crippen molar-refractivity contribution in [3.8, 4) is 0 Å². The van der Waals surface area contributed by atoms with Crippen molar-refractivity contribution in [3.05, 3.63) is 53.8 Å².